The van der Waals surface area contributed by atoms with Crippen molar-refractivity contribution in [2.45, 2.75) is 0 Å². The maximum Gasteiger partial charge on any atom is 0.404 e. The Kier molecular flexibility index (Phi) is 8.55. The summed E-state index contributed by atoms with van der Waals surface area (Å²) in [6.07, 6.45) is -1.02. The van der Waals surface area contributed by atoms with E-state index in [1.807, 2.05) is 0 Å². The van der Waals surface area contributed by atoms with Crippen LogP contribution in [0.2, 0.25) is 0 Å². The van der Waals surface area contributed by atoms with Gasteiger partial charge in [0.05, 0.1) is 0 Å². The van der Waals surface area contributed by atoms with E-state index in [0.29, 0.717) is 13.1 Å². The fourth-order valence-corrected chi connectivity index (χ4v) is 0.179. The standard InChI is InChI=1S/C3H8N2O2.ClH/c4-1-2-5-3(6)7;/h5H,1-2,4H2,(H,6,7);1H. The number of hydrogen-bond acceptors (Lipinski definition) is 2. The first-order valence-electron chi connectivity index (χ1n) is 1.94. The molecule has 0 aromatic rings. The molecule has 0 saturated heterocycles. The first kappa shape index (κ1) is 10.5. The molecule has 0 fully saturated rings. The number of rotatable bonds is 2. The zero-order valence-corrected chi connectivity index (χ0v) is 5.07. The van der Waals surface area contributed by atoms with E-state index >= 15 is 0 Å². The van der Waals surface area contributed by atoms with Gasteiger partial charge in [-0.2, -0.15) is 0 Å². The maximum absolute atomic E-state index is 9.59. The lowest BCUT2D eigenvalue weighted by Gasteiger charge is -1.92. The van der Waals surface area contributed by atoms with E-state index < -0.39 is 6.09 Å². The third-order valence-electron chi connectivity index (χ3n) is 0.421. The number of hydrogen-bond donors (Lipinski definition) is 3. The van der Waals surface area contributed by atoms with Gasteiger partial charge in [0.15, 0.2) is 0 Å². The van der Waals surface area contributed by atoms with Crippen molar-refractivity contribution < 1.29 is 9.90 Å². The number of carboxylic acid groups (broad SMARTS) is 1. The third-order valence-corrected chi connectivity index (χ3v) is 0.421. The summed E-state index contributed by atoms with van der Waals surface area (Å²) < 4.78 is 0. The molecule has 0 aliphatic rings. The van der Waals surface area contributed by atoms with Gasteiger partial charge in [-0.25, -0.2) is 4.79 Å². The van der Waals surface area contributed by atoms with Gasteiger partial charge in [0.2, 0.25) is 0 Å². The number of carbonyl (C=O) groups is 1. The number of nitrogens with two attached hydrogens (primary N) is 1. The summed E-state index contributed by atoms with van der Waals surface area (Å²) in [6.45, 7) is 0.682. The highest BCUT2D eigenvalue weighted by molar-refractivity contribution is 5.85. The van der Waals surface area contributed by atoms with E-state index in [1.165, 1.54) is 0 Å². The van der Waals surface area contributed by atoms with Crippen molar-refractivity contribution in [1.82, 2.24) is 5.32 Å². The highest BCUT2D eigenvalue weighted by Gasteiger charge is 1.86. The predicted molar refractivity (Wildman–Crippen MR) is 32.3 cm³/mol. The van der Waals surface area contributed by atoms with Gasteiger partial charge in [-0.05, 0) is 0 Å². The molecule has 0 saturated carbocycles. The average molecular weight is 141 g/mol. The van der Waals surface area contributed by atoms with E-state index in [2.05, 4.69) is 5.32 Å². The summed E-state index contributed by atoms with van der Waals surface area (Å²) in [5.41, 5.74) is 4.95. The van der Waals surface area contributed by atoms with Gasteiger partial charge in [0, 0.05) is 13.1 Å². The summed E-state index contributed by atoms with van der Waals surface area (Å²) >= 11 is 0. The number of halogens is 1. The summed E-state index contributed by atoms with van der Waals surface area (Å²) in [5, 5.41) is 9.96. The van der Waals surface area contributed by atoms with Crippen molar-refractivity contribution in [3.63, 3.8) is 0 Å². The molecule has 0 bridgehead atoms. The lowest BCUT2D eigenvalue weighted by Crippen LogP contribution is -2.27. The van der Waals surface area contributed by atoms with Crippen molar-refractivity contribution in [3.8, 4) is 0 Å². The van der Waals surface area contributed by atoms with Crippen LogP contribution in [0.25, 0.3) is 0 Å². The van der Waals surface area contributed by atoms with Crippen LogP contribution in [0.3, 0.4) is 0 Å². The van der Waals surface area contributed by atoms with Crippen molar-refractivity contribution >= 4 is 18.5 Å². The molecule has 0 atom stereocenters. The lowest BCUT2D eigenvalue weighted by molar-refractivity contribution is 0.195. The maximum atomic E-state index is 9.59. The van der Waals surface area contributed by atoms with E-state index in [0.717, 1.165) is 0 Å². The molecule has 4 N–H and O–H groups in total. The molecule has 0 aromatic heterocycles. The van der Waals surface area contributed by atoms with Gasteiger partial charge >= 0.3 is 6.09 Å². The van der Waals surface area contributed by atoms with Gasteiger partial charge in [-0.1, -0.05) is 0 Å². The van der Waals surface area contributed by atoms with Crippen LogP contribution < -0.4 is 11.1 Å². The molecule has 0 unspecified atom stereocenters. The highest BCUT2D eigenvalue weighted by Crippen LogP contribution is 1.54. The van der Waals surface area contributed by atoms with Crippen LogP contribution in [0.5, 0.6) is 0 Å². The normalized spacial score (nSPS) is 7.12. The minimum atomic E-state index is -1.02. The molecule has 0 aromatic carbocycles. The molecule has 0 heterocycles. The molecule has 8 heavy (non-hydrogen) atoms. The van der Waals surface area contributed by atoms with Crippen molar-refractivity contribution in [3.05, 3.63) is 0 Å². The van der Waals surface area contributed by atoms with E-state index in [9.17, 15) is 4.79 Å². The summed E-state index contributed by atoms with van der Waals surface area (Å²) in [7, 11) is 0. The van der Waals surface area contributed by atoms with E-state index in [1.54, 1.807) is 0 Å². The van der Waals surface area contributed by atoms with Gasteiger partial charge in [0.1, 0.15) is 0 Å². The second kappa shape index (κ2) is 6.52. The van der Waals surface area contributed by atoms with Gasteiger partial charge in [-0.15, -0.1) is 12.4 Å². The Bertz CT molecular complexity index is 68.3. The molecule has 0 aliphatic carbocycles. The van der Waals surface area contributed by atoms with Crippen molar-refractivity contribution in [2.24, 2.45) is 5.73 Å². The summed E-state index contributed by atoms with van der Waals surface area (Å²) in [4.78, 5) is 9.59. The Morgan fingerprint density at radius 3 is 2.38 bits per heavy atom. The monoisotopic (exact) mass is 140 g/mol. The van der Waals surface area contributed by atoms with E-state index in [4.69, 9.17) is 10.8 Å². The predicted octanol–water partition coefficient (Wildman–Crippen LogP) is -0.365. The fraction of sp³-hybridized carbons (Fsp3) is 0.667. The minimum absolute atomic E-state index is 0. The molecule has 50 valence electrons. The first-order chi connectivity index (χ1) is 3.27. The van der Waals surface area contributed by atoms with Gasteiger partial charge in [-0.3, -0.25) is 0 Å². The third kappa shape index (κ3) is 9.10. The lowest BCUT2D eigenvalue weighted by atomic mass is 10.7. The molecule has 0 rings (SSSR count). The van der Waals surface area contributed by atoms with Crippen molar-refractivity contribution in [1.29, 1.82) is 0 Å². The molecule has 0 aliphatic heterocycles. The van der Waals surface area contributed by atoms with Crippen LogP contribution in [0, 0.1) is 0 Å². The molecule has 4 nitrogen and oxygen atoms in total. The second-order valence-corrected chi connectivity index (χ2v) is 1.02. The minimum Gasteiger partial charge on any atom is -0.465 e. The fourth-order valence-electron chi connectivity index (χ4n) is 0.179. The van der Waals surface area contributed by atoms with Crippen LogP contribution in [0.1, 0.15) is 0 Å². The summed E-state index contributed by atoms with van der Waals surface area (Å²) in [5.74, 6) is 0. The Morgan fingerprint density at radius 1 is 1.75 bits per heavy atom. The van der Waals surface area contributed by atoms with Crippen LogP contribution in [-0.2, 0) is 0 Å². The topological polar surface area (TPSA) is 75.3 Å². The number of amides is 1. The quantitative estimate of drug-likeness (QED) is 0.490. The first-order valence-corrected chi connectivity index (χ1v) is 1.94. The van der Waals surface area contributed by atoms with Gasteiger partial charge < -0.3 is 16.2 Å². The van der Waals surface area contributed by atoms with Crippen LogP contribution in [-0.4, -0.2) is 24.3 Å². The average Bonchev–Trinajstić information content (AvgIpc) is 1.61. The highest BCUT2D eigenvalue weighted by atomic mass is 35.5. The largest absolute Gasteiger partial charge is 0.465 e. The number of nitrogens with one attached hydrogen (secondary N) is 1. The zero-order chi connectivity index (χ0) is 5.70. The SMILES string of the molecule is Cl.NCCNC(=O)O. The molecule has 5 heteroatoms. The molecule has 1 amide bonds. The smallest absolute Gasteiger partial charge is 0.404 e. The molecule has 0 spiro atoms. The Labute approximate surface area is 53.5 Å². The van der Waals surface area contributed by atoms with Crippen LogP contribution in [0.15, 0.2) is 0 Å². The Morgan fingerprint density at radius 2 is 2.25 bits per heavy atom. The molecule has 0 radical (unpaired) electrons. The van der Waals surface area contributed by atoms with Crippen LogP contribution in [0.4, 0.5) is 4.79 Å². The van der Waals surface area contributed by atoms with E-state index in [-0.39, 0.29) is 12.4 Å². The van der Waals surface area contributed by atoms with Crippen LogP contribution >= 0.6 is 12.4 Å². The Balaban J connectivity index is 0. The molecular weight excluding hydrogens is 131 g/mol. The molecular formula is C3H9ClN2O2. The summed E-state index contributed by atoms with van der Waals surface area (Å²) in [6, 6.07) is 0. The second-order valence-electron chi connectivity index (χ2n) is 1.02. The van der Waals surface area contributed by atoms with Gasteiger partial charge in [0.25, 0.3) is 0 Å². The zero-order valence-electron chi connectivity index (χ0n) is 4.26. The Hall–Kier alpha value is -0.480. The van der Waals surface area contributed by atoms with Crippen molar-refractivity contribution in [2.75, 3.05) is 13.1 Å².